The molecule has 0 heterocycles. The Kier molecular flexibility index (Phi) is 5.90. The van der Waals surface area contributed by atoms with Crippen LogP contribution in [0.15, 0.2) is 23.1 Å². The van der Waals surface area contributed by atoms with Gasteiger partial charge >= 0.3 is 0 Å². The van der Waals surface area contributed by atoms with E-state index in [4.69, 9.17) is 0 Å². The fourth-order valence-electron chi connectivity index (χ4n) is 1.74. The second-order valence-corrected chi connectivity index (χ2v) is 7.60. The number of sulfonamides is 1. The van der Waals surface area contributed by atoms with Crippen molar-refractivity contribution in [2.45, 2.75) is 51.6 Å². The third kappa shape index (κ3) is 4.67. The number of nitrogens with one attached hydrogen (secondary N) is 2. The zero-order valence-electron chi connectivity index (χ0n) is 13.5. The lowest BCUT2D eigenvalue weighted by Crippen LogP contribution is -2.30. The first kappa shape index (κ1) is 18.4. The molecule has 0 saturated carbocycles. The summed E-state index contributed by atoms with van der Waals surface area (Å²) in [5.74, 6) is 0.283. The molecule has 0 bridgehead atoms. The number of rotatable bonds is 7. The van der Waals surface area contributed by atoms with E-state index in [-0.39, 0.29) is 28.6 Å². The van der Waals surface area contributed by atoms with Gasteiger partial charge in [0, 0.05) is 18.2 Å². The van der Waals surface area contributed by atoms with Gasteiger partial charge in [-0.05, 0) is 38.8 Å². The molecular formula is C14H23N3O4S. The van der Waals surface area contributed by atoms with E-state index in [1.165, 1.54) is 12.1 Å². The van der Waals surface area contributed by atoms with Crippen LogP contribution in [0.25, 0.3) is 0 Å². The van der Waals surface area contributed by atoms with Crippen molar-refractivity contribution in [1.29, 1.82) is 0 Å². The van der Waals surface area contributed by atoms with Crippen molar-refractivity contribution >= 4 is 21.4 Å². The van der Waals surface area contributed by atoms with Crippen LogP contribution in [0.4, 0.5) is 11.4 Å². The van der Waals surface area contributed by atoms with E-state index >= 15 is 0 Å². The number of nitrogens with zero attached hydrogens (tertiary/aromatic N) is 1. The Bertz CT molecular complexity index is 641. The van der Waals surface area contributed by atoms with E-state index in [1.54, 1.807) is 13.8 Å². The highest BCUT2D eigenvalue weighted by molar-refractivity contribution is 7.89. The van der Waals surface area contributed by atoms with E-state index in [9.17, 15) is 18.5 Å². The molecule has 0 aliphatic heterocycles. The van der Waals surface area contributed by atoms with Gasteiger partial charge in [-0.15, -0.1) is 0 Å². The molecule has 1 rings (SSSR count). The minimum absolute atomic E-state index is 0.0231. The SMILES string of the molecule is CC(C)NS(=O)(=O)c1ccc(N[C@@H](C)C(C)C)c([N+](=O)[O-])c1. The minimum atomic E-state index is -3.76. The summed E-state index contributed by atoms with van der Waals surface area (Å²) in [6.07, 6.45) is 0. The first-order valence-electron chi connectivity index (χ1n) is 7.12. The lowest BCUT2D eigenvalue weighted by atomic mass is 10.1. The van der Waals surface area contributed by atoms with Crippen molar-refractivity contribution in [3.63, 3.8) is 0 Å². The summed E-state index contributed by atoms with van der Waals surface area (Å²) >= 11 is 0. The highest BCUT2D eigenvalue weighted by atomic mass is 32.2. The predicted molar refractivity (Wildman–Crippen MR) is 86.5 cm³/mol. The smallest absolute Gasteiger partial charge is 0.293 e. The van der Waals surface area contributed by atoms with E-state index in [2.05, 4.69) is 10.0 Å². The normalized spacial score (nSPS) is 13.4. The van der Waals surface area contributed by atoms with Crippen LogP contribution in [0, 0.1) is 16.0 Å². The van der Waals surface area contributed by atoms with Crippen molar-refractivity contribution in [3.05, 3.63) is 28.3 Å². The quantitative estimate of drug-likeness (QED) is 0.591. The molecule has 0 amide bonds. The van der Waals surface area contributed by atoms with Crippen LogP contribution < -0.4 is 10.0 Å². The monoisotopic (exact) mass is 329 g/mol. The summed E-state index contributed by atoms with van der Waals surface area (Å²) in [4.78, 5) is 10.5. The molecule has 1 atom stereocenters. The first-order valence-corrected chi connectivity index (χ1v) is 8.60. The van der Waals surface area contributed by atoms with Gasteiger partial charge in [-0.1, -0.05) is 13.8 Å². The van der Waals surface area contributed by atoms with Crippen molar-refractivity contribution in [2.24, 2.45) is 5.92 Å². The fourth-order valence-corrected chi connectivity index (χ4v) is 3.01. The lowest BCUT2D eigenvalue weighted by molar-refractivity contribution is -0.384. The maximum atomic E-state index is 12.1. The second-order valence-electron chi connectivity index (χ2n) is 5.89. The maximum Gasteiger partial charge on any atom is 0.293 e. The van der Waals surface area contributed by atoms with Crippen molar-refractivity contribution in [1.82, 2.24) is 4.72 Å². The molecule has 7 nitrogen and oxygen atoms in total. The molecule has 0 aliphatic rings. The molecule has 124 valence electrons. The van der Waals surface area contributed by atoms with Gasteiger partial charge in [0.05, 0.1) is 9.82 Å². The number of nitro benzene ring substituents is 1. The first-order chi connectivity index (χ1) is 10.0. The van der Waals surface area contributed by atoms with Crippen LogP contribution in [0.3, 0.4) is 0 Å². The summed E-state index contributed by atoms with van der Waals surface area (Å²) in [5, 5.41) is 14.3. The van der Waals surface area contributed by atoms with Crippen LogP contribution in [-0.4, -0.2) is 25.4 Å². The van der Waals surface area contributed by atoms with Crippen molar-refractivity contribution in [3.8, 4) is 0 Å². The molecule has 8 heteroatoms. The van der Waals surface area contributed by atoms with Gasteiger partial charge in [-0.2, -0.15) is 0 Å². The van der Waals surface area contributed by atoms with Crippen LogP contribution in [0.2, 0.25) is 0 Å². The Hall–Kier alpha value is -1.67. The summed E-state index contributed by atoms with van der Waals surface area (Å²) in [5.41, 5.74) is 0.0637. The Morgan fingerprint density at radius 3 is 2.18 bits per heavy atom. The van der Waals surface area contributed by atoms with E-state index in [0.29, 0.717) is 5.69 Å². The number of anilines is 1. The van der Waals surface area contributed by atoms with Crippen LogP contribution in [0.5, 0.6) is 0 Å². The van der Waals surface area contributed by atoms with Crippen molar-refractivity contribution in [2.75, 3.05) is 5.32 Å². The van der Waals surface area contributed by atoms with E-state index < -0.39 is 14.9 Å². The van der Waals surface area contributed by atoms with Gasteiger partial charge < -0.3 is 5.32 Å². The minimum Gasteiger partial charge on any atom is -0.377 e. The van der Waals surface area contributed by atoms with Crippen LogP contribution >= 0.6 is 0 Å². The molecule has 1 aromatic carbocycles. The van der Waals surface area contributed by atoms with Gasteiger partial charge in [0.2, 0.25) is 10.0 Å². The maximum absolute atomic E-state index is 12.1. The lowest BCUT2D eigenvalue weighted by Gasteiger charge is -2.19. The molecule has 1 aromatic rings. The third-order valence-corrected chi connectivity index (χ3v) is 4.91. The topological polar surface area (TPSA) is 101 Å². The summed E-state index contributed by atoms with van der Waals surface area (Å²) in [6, 6.07) is 3.62. The van der Waals surface area contributed by atoms with E-state index in [1.807, 2.05) is 20.8 Å². The Morgan fingerprint density at radius 2 is 1.73 bits per heavy atom. The van der Waals surface area contributed by atoms with Gasteiger partial charge in [-0.25, -0.2) is 13.1 Å². The average Bonchev–Trinajstić information content (AvgIpc) is 2.36. The molecule has 0 saturated heterocycles. The van der Waals surface area contributed by atoms with Crippen molar-refractivity contribution < 1.29 is 13.3 Å². The number of nitro groups is 1. The summed E-state index contributed by atoms with van der Waals surface area (Å²) < 4.78 is 26.6. The Balaban J connectivity index is 3.23. The van der Waals surface area contributed by atoms with Crippen LogP contribution in [-0.2, 0) is 10.0 Å². The second kappa shape index (κ2) is 7.06. The molecule has 0 fully saturated rings. The molecular weight excluding hydrogens is 306 g/mol. The highest BCUT2D eigenvalue weighted by Gasteiger charge is 2.23. The summed E-state index contributed by atoms with van der Waals surface area (Å²) in [6.45, 7) is 9.28. The average molecular weight is 329 g/mol. The standard InChI is InChI=1S/C14H23N3O4S/c1-9(2)11(5)15-13-7-6-12(8-14(13)17(18)19)22(20,21)16-10(3)4/h6-11,15-16H,1-5H3/t11-/m0/s1. The third-order valence-electron chi connectivity index (χ3n) is 3.25. The van der Waals surface area contributed by atoms with Crippen LogP contribution in [0.1, 0.15) is 34.6 Å². The summed E-state index contributed by atoms with van der Waals surface area (Å²) in [7, 11) is -3.76. The molecule has 0 radical (unpaired) electrons. The molecule has 0 unspecified atom stereocenters. The zero-order valence-corrected chi connectivity index (χ0v) is 14.3. The zero-order chi connectivity index (χ0) is 17.1. The predicted octanol–water partition coefficient (Wildman–Crippen LogP) is 2.74. The molecule has 0 aliphatic carbocycles. The molecule has 2 N–H and O–H groups in total. The van der Waals surface area contributed by atoms with E-state index in [0.717, 1.165) is 6.07 Å². The van der Waals surface area contributed by atoms with Gasteiger partial charge in [0.1, 0.15) is 5.69 Å². The Morgan fingerprint density at radius 1 is 1.14 bits per heavy atom. The van der Waals surface area contributed by atoms with Gasteiger partial charge in [0.15, 0.2) is 0 Å². The molecule has 0 aromatic heterocycles. The van der Waals surface area contributed by atoms with Gasteiger partial charge in [0.25, 0.3) is 5.69 Å². The Labute approximate surface area is 131 Å². The highest BCUT2D eigenvalue weighted by Crippen LogP contribution is 2.29. The largest absolute Gasteiger partial charge is 0.377 e. The number of hydrogen-bond acceptors (Lipinski definition) is 5. The fraction of sp³-hybridized carbons (Fsp3) is 0.571. The van der Waals surface area contributed by atoms with Gasteiger partial charge in [-0.3, -0.25) is 10.1 Å². The molecule has 22 heavy (non-hydrogen) atoms. The molecule has 0 spiro atoms. The number of benzene rings is 1. The number of hydrogen-bond donors (Lipinski definition) is 2.